The molecule has 0 saturated heterocycles. The van der Waals surface area contributed by atoms with Crippen molar-refractivity contribution in [3.05, 3.63) is 41.2 Å². The van der Waals surface area contributed by atoms with E-state index in [0.717, 1.165) is 30.1 Å². The molecule has 2 aromatic rings. The number of hydrogen-bond acceptors (Lipinski definition) is 4. The summed E-state index contributed by atoms with van der Waals surface area (Å²) in [7, 11) is 0. The van der Waals surface area contributed by atoms with Crippen LogP contribution in [-0.2, 0) is 18.5 Å². The van der Waals surface area contributed by atoms with Gasteiger partial charge in [-0.25, -0.2) is 4.68 Å². The zero-order valence-corrected chi connectivity index (χ0v) is 14.0. The molecule has 1 aromatic carbocycles. The van der Waals surface area contributed by atoms with Crippen LogP contribution < -0.4 is 10.5 Å². The molecule has 2 N–H and O–H groups in total. The minimum Gasteiger partial charge on any atom is -0.494 e. The van der Waals surface area contributed by atoms with Gasteiger partial charge in [0.05, 0.1) is 18.0 Å². The molecule has 120 valence electrons. The van der Waals surface area contributed by atoms with Crippen LogP contribution in [0.1, 0.15) is 44.1 Å². The van der Waals surface area contributed by atoms with Gasteiger partial charge in [0.15, 0.2) is 0 Å². The quantitative estimate of drug-likeness (QED) is 0.833. The first-order valence-electron chi connectivity index (χ1n) is 7.74. The first-order valence-corrected chi connectivity index (χ1v) is 7.74. The van der Waals surface area contributed by atoms with Gasteiger partial charge in [-0.3, -0.25) is 0 Å². The van der Waals surface area contributed by atoms with E-state index in [0.29, 0.717) is 13.2 Å². The third-order valence-corrected chi connectivity index (χ3v) is 3.48. The number of nitrogens with zero attached hydrogens (tertiary/aromatic N) is 3. The van der Waals surface area contributed by atoms with Crippen LogP contribution in [0.25, 0.3) is 0 Å². The van der Waals surface area contributed by atoms with Gasteiger partial charge in [-0.1, -0.05) is 38.1 Å². The summed E-state index contributed by atoms with van der Waals surface area (Å²) in [6.07, 6.45) is 0.879. The van der Waals surface area contributed by atoms with Crippen molar-refractivity contribution in [1.29, 1.82) is 0 Å². The number of hydrogen-bond donors (Lipinski definition) is 1. The number of aryl methyl sites for hydroxylation is 2. The monoisotopic (exact) mass is 302 g/mol. The zero-order valence-electron chi connectivity index (χ0n) is 14.0. The van der Waals surface area contributed by atoms with Crippen LogP contribution in [-0.4, -0.2) is 21.6 Å². The highest BCUT2D eigenvalue weighted by Crippen LogP contribution is 2.24. The van der Waals surface area contributed by atoms with Gasteiger partial charge < -0.3 is 10.5 Å². The van der Waals surface area contributed by atoms with E-state index in [-0.39, 0.29) is 5.41 Å². The summed E-state index contributed by atoms with van der Waals surface area (Å²) in [6.45, 7) is 10.4. The Kier molecular flexibility index (Phi) is 5.19. The average molecular weight is 302 g/mol. The maximum absolute atomic E-state index is 5.78. The second-order valence-corrected chi connectivity index (χ2v) is 6.58. The first-order chi connectivity index (χ1) is 10.4. The van der Waals surface area contributed by atoms with E-state index < -0.39 is 0 Å². The van der Waals surface area contributed by atoms with Crippen molar-refractivity contribution in [2.75, 3.05) is 6.61 Å². The van der Waals surface area contributed by atoms with Crippen LogP contribution in [0.3, 0.4) is 0 Å². The first kappa shape index (κ1) is 16.5. The number of benzene rings is 1. The number of ether oxygens (including phenoxy) is 1. The molecule has 1 heterocycles. The molecule has 0 atom stereocenters. The Labute approximate surface area is 132 Å². The standard InChI is InChI=1S/C17H26N4O/c1-13-7-5-8-14(11-13)22-10-6-9-21-16(17(2,3)4)15(12-18)19-20-21/h5,7-8,11H,6,9-10,12,18H2,1-4H3. The van der Waals surface area contributed by atoms with Crippen molar-refractivity contribution in [1.82, 2.24) is 15.0 Å². The molecule has 1 aromatic heterocycles. The van der Waals surface area contributed by atoms with E-state index >= 15 is 0 Å². The van der Waals surface area contributed by atoms with Gasteiger partial charge in [-0.2, -0.15) is 0 Å². The lowest BCUT2D eigenvalue weighted by Gasteiger charge is -2.21. The largest absolute Gasteiger partial charge is 0.494 e. The average Bonchev–Trinajstić information content (AvgIpc) is 2.87. The van der Waals surface area contributed by atoms with Crippen molar-refractivity contribution in [3.63, 3.8) is 0 Å². The lowest BCUT2D eigenvalue weighted by Crippen LogP contribution is -2.22. The summed E-state index contributed by atoms with van der Waals surface area (Å²) < 4.78 is 7.74. The van der Waals surface area contributed by atoms with Gasteiger partial charge in [-0.15, -0.1) is 5.10 Å². The molecule has 0 bridgehead atoms. The molecule has 0 fully saturated rings. The van der Waals surface area contributed by atoms with E-state index in [1.807, 2.05) is 22.9 Å². The van der Waals surface area contributed by atoms with Crippen molar-refractivity contribution in [3.8, 4) is 5.75 Å². The summed E-state index contributed by atoms with van der Waals surface area (Å²) in [6, 6.07) is 8.09. The SMILES string of the molecule is Cc1cccc(OCCCn2nnc(CN)c2C(C)(C)C)c1. The lowest BCUT2D eigenvalue weighted by atomic mass is 9.90. The summed E-state index contributed by atoms with van der Waals surface area (Å²) in [5, 5.41) is 8.44. The molecule has 22 heavy (non-hydrogen) atoms. The van der Waals surface area contributed by atoms with Crippen LogP contribution in [0.4, 0.5) is 0 Å². The smallest absolute Gasteiger partial charge is 0.119 e. The van der Waals surface area contributed by atoms with Crippen LogP contribution in [0, 0.1) is 6.92 Å². The van der Waals surface area contributed by atoms with Gasteiger partial charge in [0.1, 0.15) is 5.75 Å². The predicted molar refractivity (Wildman–Crippen MR) is 87.9 cm³/mol. The molecular weight excluding hydrogens is 276 g/mol. The normalized spacial score (nSPS) is 11.7. The summed E-state index contributed by atoms with van der Waals surface area (Å²) >= 11 is 0. The van der Waals surface area contributed by atoms with Crippen LogP contribution >= 0.6 is 0 Å². The maximum atomic E-state index is 5.78. The highest BCUT2D eigenvalue weighted by molar-refractivity contribution is 5.27. The summed E-state index contributed by atoms with van der Waals surface area (Å²) in [5.74, 6) is 0.914. The molecule has 0 aliphatic rings. The van der Waals surface area contributed by atoms with Gasteiger partial charge in [0, 0.05) is 24.9 Å². The van der Waals surface area contributed by atoms with Crippen molar-refractivity contribution >= 4 is 0 Å². The maximum Gasteiger partial charge on any atom is 0.119 e. The third-order valence-electron chi connectivity index (χ3n) is 3.48. The minimum atomic E-state index is -0.0183. The molecule has 2 rings (SSSR count). The molecule has 0 aliphatic heterocycles. The fourth-order valence-corrected chi connectivity index (χ4v) is 2.57. The number of nitrogens with two attached hydrogens (primary N) is 1. The second-order valence-electron chi connectivity index (χ2n) is 6.58. The van der Waals surface area contributed by atoms with Crippen molar-refractivity contribution < 1.29 is 4.74 Å². The van der Waals surface area contributed by atoms with Gasteiger partial charge in [-0.05, 0) is 24.6 Å². The fraction of sp³-hybridized carbons (Fsp3) is 0.529. The zero-order chi connectivity index (χ0) is 16.2. The van der Waals surface area contributed by atoms with Crippen molar-refractivity contribution in [2.45, 2.75) is 52.6 Å². The molecular formula is C17H26N4O. The van der Waals surface area contributed by atoms with Crippen LogP contribution in [0.2, 0.25) is 0 Å². The number of aromatic nitrogens is 3. The van der Waals surface area contributed by atoms with Crippen molar-refractivity contribution in [2.24, 2.45) is 5.73 Å². The molecule has 0 radical (unpaired) electrons. The van der Waals surface area contributed by atoms with Gasteiger partial charge >= 0.3 is 0 Å². The summed E-state index contributed by atoms with van der Waals surface area (Å²) in [4.78, 5) is 0. The lowest BCUT2D eigenvalue weighted by molar-refractivity contribution is 0.294. The molecule has 0 spiro atoms. The van der Waals surface area contributed by atoms with Crippen LogP contribution in [0.15, 0.2) is 24.3 Å². The summed E-state index contributed by atoms with van der Waals surface area (Å²) in [5.41, 5.74) is 8.95. The molecule has 0 aliphatic carbocycles. The molecule has 5 heteroatoms. The van der Waals surface area contributed by atoms with Gasteiger partial charge in [0.2, 0.25) is 0 Å². The predicted octanol–water partition coefficient (Wildman–Crippen LogP) is 2.81. The second kappa shape index (κ2) is 6.92. The Hall–Kier alpha value is -1.88. The third kappa shape index (κ3) is 4.07. The Morgan fingerprint density at radius 1 is 1.27 bits per heavy atom. The fourth-order valence-electron chi connectivity index (χ4n) is 2.57. The topological polar surface area (TPSA) is 66.0 Å². The minimum absolute atomic E-state index is 0.0183. The highest BCUT2D eigenvalue weighted by Gasteiger charge is 2.24. The molecule has 0 saturated carbocycles. The molecule has 5 nitrogen and oxygen atoms in total. The van der Waals surface area contributed by atoms with E-state index in [9.17, 15) is 0 Å². The Bertz CT molecular complexity index is 613. The Balaban J connectivity index is 1.93. The highest BCUT2D eigenvalue weighted by atomic mass is 16.5. The van der Waals surface area contributed by atoms with E-state index in [1.165, 1.54) is 5.56 Å². The Morgan fingerprint density at radius 3 is 2.68 bits per heavy atom. The Morgan fingerprint density at radius 2 is 2.05 bits per heavy atom. The molecule has 0 unspecified atom stereocenters. The molecule has 0 amide bonds. The van der Waals surface area contributed by atoms with Gasteiger partial charge in [0.25, 0.3) is 0 Å². The van der Waals surface area contributed by atoms with E-state index in [4.69, 9.17) is 10.5 Å². The van der Waals surface area contributed by atoms with E-state index in [2.05, 4.69) is 44.1 Å². The number of rotatable bonds is 6. The van der Waals surface area contributed by atoms with Crippen LogP contribution in [0.5, 0.6) is 5.75 Å². The van der Waals surface area contributed by atoms with E-state index in [1.54, 1.807) is 0 Å².